The Morgan fingerprint density at radius 1 is 1.20 bits per heavy atom. The van der Waals surface area contributed by atoms with Gasteiger partial charge in [-0.05, 0) is 23.7 Å². The highest BCUT2D eigenvalue weighted by Crippen LogP contribution is 2.37. The molecular weight excluding hydrogens is 351 g/mol. The van der Waals surface area contributed by atoms with Crippen molar-refractivity contribution in [1.29, 1.82) is 0 Å². The van der Waals surface area contributed by atoms with Crippen LogP contribution in [0, 0.1) is 0 Å². The SMILES string of the molecule is CC(C)(C)[Si](C)(C)OCC(N(Cc1ccccc1)C(=O)O)C(F)(F)F. The van der Waals surface area contributed by atoms with E-state index in [2.05, 4.69) is 0 Å². The van der Waals surface area contributed by atoms with E-state index in [1.807, 2.05) is 33.9 Å². The zero-order valence-corrected chi connectivity index (χ0v) is 16.2. The molecule has 0 bridgehead atoms. The number of amides is 1. The molecule has 0 heterocycles. The van der Waals surface area contributed by atoms with Crippen LogP contribution in [0.2, 0.25) is 18.1 Å². The van der Waals surface area contributed by atoms with Crippen molar-refractivity contribution in [2.45, 2.75) is 57.7 Å². The average molecular weight is 377 g/mol. The fraction of sp³-hybridized carbons (Fsp3) is 0.588. The fourth-order valence-electron chi connectivity index (χ4n) is 1.96. The lowest BCUT2D eigenvalue weighted by Crippen LogP contribution is -2.53. The Hall–Kier alpha value is -1.54. The number of nitrogens with zero attached hydrogens (tertiary/aromatic N) is 1. The van der Waals surface area contributed by atoms with Crippen molar-refractivity contribution >= 4 is 14.4 Å². The molecule has 1 rings (SSSR count). The Morgan fingerprint density at radius 3 is 2.12 bits per heavy atom. The molecule has 0 aliphatic carbocycles. The van der Waals surface area contributed by atoms with E-state index >= 15 is 0 Å². The van der Waals surface area contributed by atoms with Gasteiger partial charge in [0.15, 0.2) is 14.4 Å². The van der Waals surface area contributed by atoms with E-state index in [0.717, 1.165) is 0 Å². The average Bonchev–Trinajstić information content (AvgIpc) is 2.44. The van der Waals surface area contributed by atoms with Crippen molar-refractivity contribution in [3.8, 4) is 0 Å². The molecule has 1 N–H and O–H groups in total. The van der Waals surface area contributed by atoms with Gasteiger partial charge in [-0.3, -0.25) is 4.90 Å². The molecule has 1 unspecified atom stereocenters. The smallest absolute Gasteiger partial charge is 0.411 e. The lowest BCUT2D eigenvalue weighted by Gasteiger charge is -2.39. The molecule has 0 aliphatic heterocycles. The summed E-state index contributed by atoms with van der Waals surface area (Å²) in [6, 6.07) is 6.01. The van der Waals surface area contributed by atoms with Gasteiger partial charge in [-0.2, -0.15) is 13.2 Å². The van der Waals surface area contributed by atoms with E-state index in [1.165, 1.54) is 0 Å². The van der Waals surface area contributed by atoms with Crippen molar-refractivity contribution in [2.75, 3.05) is 6.61 Å². The molecule has 142 valence electrons. The van der Waals surface area contributed by atoms with Crippen LogP contribution in [0.15, 0.2) is 30.3 Å². The number of rotatable bonds is 6. The van der Waals surface area contributed by atoms with Gasteiger partial charge in [0.25, 0.3) is 0 Å². The molecule has 0 aliphatic rings. The Bertz CT molecular complexity index is 571. The van der Waals surface area contributed by atoms with Gasteiger partial charge < -0.3 is 9.53 Å². The zero-order chi connectivity index (χ0) is 19.5. The first-order chi connectivity index (χ1) is 11.3. The van der Waals surface area contributed by atoms with Crippen LogP contribution in [-0.2, 0) is 11.0 Å². The van der Waals surface area contributed by atoms with Gasteiger partial charge in [0.05, 0.1) is 6.61 Å². The van der Waals surface area contributed by atoms with E-state index in [1.54, 1.807) is 30.3 Å². The third-order valence-corrected chi connectivity index (χ3v) is 9.10. The van der Waals surface area contributed by atoms with Gasteiger partial charge in [0.2, 0.25) is 0 Å². The van der Waals surface area contributed by atoms with Crippen LogP contribution in [0.4, 0.5) is 18.0 Å². The zero-order valence-electron chi connectivity index (χ0n) is 15.2. The summed E-state index contributed by atoms with van der Waals surface area (Å²) in [5, 5.41) is 9.07. The maximum Gasteiger partial charge on any atom is 0.411 e. The number of carboxylic acid groups (broad SMARTS) is 1. The molecular formula is C17H26F3NO3Si. The van der Waals surface area contributed by atoms with Gasteiger partial charge in [-0.15, -0.1) is 0 Å². The predicted molar refractivity (Wildman–Crippen MR) is 93.0 cm³/mol. The molecule has 1 aromatic rings. The maximum absolute atomic E-state index is 13.5. The molecule has 25 heavy (non-hydrogen) atoms. The van der Waals surface area contributed by atoms with Crippen molar-refractivity contribution in [3.63, 3.8) is 0 Å². The lowest BCUT2D eigenvalue weighted by molar-refractivity contribution is -0.187. The van der Waals surface area contributed by atoms with Gasteiger partial charge in [-0.25, -0.2) is 4.79 Å². The highest BCUT2D eigenvalue weighted by atomic mass is 28.4. The quantitative estimate of drug-likeness (QED) is 0.700. The molecule has 8 heteroatoms. The molecule has 4 nitrogen and oxygen atoms in total. The standard InChI is InChI=1S/C17H26F3NO3Si/c1-16(2,3)25(4,5)24-12-14(17(18,19)20)21(15(22)23)11-13-9-7-6-8-10-13/h6-10,14H,11-12H2,1-5H3,(H,22,23). The summed E-state index contributed by atoms with van der Waals surface area (Å²) in [6.07, 6.45) is -6.33. The number of halogens is 3. The number of hydrogen-bond acceptors (Lipinski definition) is 2. The number of hydrogen-bond donors (Lipinski definition) is 1. The van der Waals surface area contributed by atoms with Crippen LogP contribution < -0.4 is 0 Å². The summed E-state index contributed by atoms with van der Waals surface area (Å²) >= 11 is 0. The molecule has 0 saturated heterocycles. The Labute approximate surface area is 147 Å². The highest BCUT2D eigenvalue weighted by molar-refractivity contribution is 6.74. The summed E-state index contributed by atoms with van der Waals surface area (Å²) in [6.45, 7) is 8.38. The monoisotopic (exact) mass is 377 g/mol. The molecule has 1 amide bonds. The minimum Gasteiger partial charge on any atom is -0.465 e. The van der Waals surface area contributed by atoms with Crippen LogP contribution in [0.25, 0.3) is 0 Å². The third-order valence-electron chi connectivity index (χ3n) is 4.60. The molecule has 0 saturated carbocycles. The van der Waals surface area contributed by atoms with E-state index in [-0.39, 0.29) is 11.6 Å². The Morgan fingerprint density at radius 2 is 1.72 bits per heavy atom. The highest BCUT2D eigenvalue weighted by Gasteiger charge is 2.48. The second-order valence-electron chi connectivity index (χ2n) is 7.52. The first kappa shape index (κ1) is 21.5. The minimum absolute atomic E-state index is 0.267. The van der Waals surface area contributed by atoms with Crippen LogP contribution in [0.1, 0.15) is 26.3 Å². The molecule has 0 aromatic heterocycles. The van der Waals surface area contributed by atoms with E-state index < -0.39 is 33.2 Å². The number of carbonyl (C=O) groups is 1. The normalized spacial score (nSPS) is 14.2. The third kappa shape index (κ3) is 6.04. The molecule has 1 aromatic carbocycles. The Kier molecular flexibility index (Phi) is 6.69. The van der Waals surface area contributed by atoms with E-state index in [4.69, 9.17) is 4.43 Å². The summed E-state index contributed by atoms with van der Waals surface area (Å²) in [4.78, 5) is 11.9. The van der Waals surface area contributed by atoms with Crippen LogP contribution in [-0.4, -0.2) is 43.2 Å². The Balaban J connectivity index is 3.04. The maximum atomic E-state index is 13.5. The molecule has 0 fully saturated rings. The minimum atomic E-state index is -4.71. The molecule has 1 atom stereocenters. The van der Waals surface area contributed by atoms with Crippen LogP contribution in [0.3, 0.4) is 0 Å². The molecule has 0 radical (unpaired) electrons. The second kappa shape index (κ2) is 7.78. The first-order valence-electron chi connectivity index (χ1n) is 8.00. The van der Waals surface area contributed by atoms with E-state index in [0.29, 0.717) is 10.5 Å². The van der Waals surface area contributed by atoms with Crippen LogP contribution in [0.5, 0.6) is 0 Å². The molecule has 0 spiro atoms. The second-order valence-corrected chi connectivity index (χ2v) is 12.3. The fourth-order valence-corrected chi connectivity index (χ4v) is 2.96. The van der Waals surface area contributed by atoms with Crippen molar-refractivity contribution in [1.82, 2.24) is 4.90 Å². The lowest BCUT2D eigenvalue weighted by atomic mass is 10.2. The van der Waals surface area contributed by atoms with Crippen LogP contribution >= 0.6 is 0 Å². The largest absolute Gasteiger partial charge is 0.465 e. The van der Waals surface area contributed by atoms with Crippen molar-refractivity contribution in [2.24, 2.45) is 0 Å². The van der Waals surface area contributed by atoms with Crippen molar-refractivity contribution < 1.29 is 27.5 Å². The van der Waals surface area contributed by atoms with Gasteiger partial charge in [0, 0.05) is 6.54 Å². The summed E-state index contributed by atoms with van der Waals surface area (Å²) < 4.78 is 46.3. The summed E-state index contributed by atoms with van der Waals surface area (Å²) in [5.74, 6) is 0. The van der Waals surface area contributed by atoms with Crippen molar-refractivity contribution in [3.05, 3.63) is 35.9 Å². The van der Waals surface area contributed by atoms with Gasteiger partial charge in [-0.1, -0.05) is 51.1 Å². The van der Waals surface area contributed by atoms with Gasteiger partial charge in [0.1, 0.15) is 0 Å². The number of benzene rings is 1. The van der Waals surface area contributed by atoms with Gasteiger partial charge >= 0.3 is 12.3 Å². The summed E-state index contributed by atoms with van der Waals surface area (Å²) in [5.41, 5.74) is 0.492. The topological polar surface area (TPSA) is 49.8 Å². The summed E-state index contributed by atoms with van der Waals surface area (Å²) in [7, 11) is -2.44. The van der Waals surface area contributed by atoms with E-state index in [9.17, 15) is 23.1 Å². The predicted octanol–water partition coefficient (Wildman–Crippen LogP) is 5.12. The number of alkyl halides is 3. The first-order valence-corrected chi connectivity index (χ1v) is 10.9.